The molecule has 0 heterocycles. The van der Waals surface area contributed by atoms with Crippen LogP contribution in [0.15, 0.2) is 60.8 Å². The topological polar surface area (TPSA) is 61.8 Å². The van der Waals surface area contributed by atoms with Crippen molar-refractivity contribution in [1.29, 1.82) is 0 Å². The highest BCUT2D eigenvalue weighted by molar-refractivity contribution is 5.71. The van der Waals surface area contributed by atoms with Gasteiger partial charge in [0.1, 0.15) is 6.61 Å². The maximum Gasteiger partial charge on any atom is 0.309 e. The number of rotatable bonds is 51. The number of allylic oxidation sites excluding steroid dienone is 9. The summed E-state index contributed by atoms with van der Waals surface area (Å²) in [5.74, 6) is -0.530. The molecule has 64 heavy (non-hydrogen) atoms. The van der Waals surface area contributed by atoms with E-state index in [4.69, 9.17) is 14.2 Å². The van der Waals surface area contributed by atoms with Crippen molar-refractivity contribution in [3.05, 3.63) is 60.8 Å². The van der Waals surface area contributed by atoms with Gasteiger partial charge in [-0.2, -0.15) is 0 Å². The van der Waals surface area contributed by atoms with Crippen molar-refractivity contribution < 1.29 is 23.8 Å². The second-order valence-corrected chi connectivity index (χ2v) is 18.5. The second-order valence-electron chi connectivity index (χ2n) is 18.5. The van der Waals surface area contributed by atoms with Crippen LogP contribution in [0.25, 0.3) is 0 Å². The van der Waals surface area contributed by atoms with Gasteiger partial charge in [-0.15, -0.1) is 0 Å². The first-order valence-corrected chi connectivity index (χ1v) is 27.8. The molecule has 0 radical (unpaired) electrons. The molecule has 0 aromatic heterocycles. The quantitative estimate of drug-likeness (QED) is 0.0346. The Labute approximate surface area is 398 Å². The van der Waals surface area contributed by atoms with Crippen LogP contribution in [0, 0.1) is 0 Å². The van der Waals surface area contributed by atoms with Crippen molar-refractivity contribution in [1.82, 2.24) is 0 Å². The number of carbonyl (C=O) groups is 2. The molecule has 0 saturated heterocycles. The summed E-state index contributed by atoms with van der Waals surface area (Å²) in [6.45, 7) is 7.65. The molecule has 0 bridgehead atoms. The van der Waals surface area contributed by atoms with Crippen LogP contribution < -0.4 is 0 Å². The highest BCUT2D eigenvalue weighted by atomic mass is 16.6. The van der Waals surface area contributed by atoms with Crippen molar-refractivity contribution in [3.8, 4) is 0 Å². The van der Waals surface area contributed by atoms with Crippen molar-refractivity contribution >= 4 is 11.9 Å². The number of ether oxygens (including phenoxy) is 3. The van der Waals surface area contributed by atoms with Gasteiger partial charge in [-0.05, 0) is 44.9 Å². The van der Waals surface area contributed by atoms with Crippen molar-refractivity contribution in [3.63, 3.8) is 0 Å². The average molecular weight is 895 g/mol. The minimum Gasteiger partial charge on any atom is -0.461 e. The van der Waals surface area contributed by atoms with Crippen LogP contribution in [-0.4, -0.2) is 37.9 Å². The molecule has 1 atom stereocenters. The third-order valence-electron chi connectivity index (χ3n) is 12.1. The van der Waals surface area contributed by atoms with Gasteiger partial charge in [-0.1, -0.05) is 281 Å². The minimum absolute atomic E-state index is 0.0349. The van der Waals surface area contributed by atoms with Gasteiger partial charge in [-0.3, -0.25) is 9.59 Å². The lowest BCUT2D eigenvalue weighted by molar-refractivity contribution is -0.162. The number of esters is 2. The van der Waals surface area contributed by atoms with E-state index in [1.54, 1.807) is 0 Å². The van der Waals surface area contributed by atoms with Crippen LogP contribution in [0.3, 0.4) is 0 Å². The monoisotopic (exact) mass is 895 g/mol. The Kier molecular flexibility index (Phi) is 52.9. The standard InChI is InChI=1S/C59H106O5/c1-4-7-10-13-16-19-22-25-27-28-29-30-31-33-36-39-42-45-48-51-54-62-55-57(64-59(61)53-50-47-44-41-38-34-24-21-18-15-12-9-6-3)56-63-58(60)52-49-46-43-40-37-35-32-26-23-20-17-14-11-8-5-2/h8,11,17,20,26,32,37,40,46,49,57H,4-7,9-10,12-16,18-19,21-25,27-31,33-36,38-39,41-45,47-48,50-56H2,1-3H3/b11-8-,20-17-,32-26-,40-37-,49-46-. The summed E-state index contributed by atoms with van der Waals surface area (Å²) in [5.41, 5.74) is 0. The van der Waals surface area contributed by atoms with E-state index >= 15 is 0 Å². The molecule has 0 amide bonds. The smallest absolute Gasteiger partial charge is 0.309 e. The third kappa shape index (κ3) is 52.2. The molecule has 0 aliphatic heterocycles. The Balaban J connectivity index is 4.29. The van der Waals surface area contributed by atoms with Gasteiger partial charge < -0.3 is 14.2 Å². The van der Waals surface area contributed by atoms with Gasteiger partial charge in [0.25, 0.3) is 0 Å². The van der Waals surface area contributed by atoms with Crippen LogP contribution in [0.2, 0.25) is 0 Å². The summed E-state index contributed by atoms with van der Waals surface area (Å²) in [7, 11) is 0. The normalized spacial score (nSPS) is 12.6. The van der Waals surface area contributed by atoms with E-state index in [-0.39, 0.29) is 31.6 Å². The molecule has 0 aromatic carbocycles. The molecule has 0 rings (SSSR count). The maximum absolute atomic E-state index is 12.8. The van der Waals surface area contributed by atoms with Crippen LogP contribution in [0.5, 0.6) is 0 Å². The van der Waals surface area contributed by atoms with E-state index in [0.29, 0.717) is 13.0 Å². The Morgan fingerprint density at radius 2 is 0.688 bits per heavy atom. The fourth-order valence-electron chi connectivity index (χ4n) is 8.00. The van der Waals surface area contributed by atoms with E-state index in [1.165, 1.54) is 186 Å². The molecule has 5 heteroatoms. The summed E-state index contributed by atoms with van der Waals surface area (Å²) in [5, 5.41) is 0. The second kappa shape index (κ2) is 54.9. The van der Waals surface area contributed by atoms with Crippen LogP contribution in [0.1, 0.15) is 278 Å². The van der Waals surface area contributed by atoms with Gasteiger partial charge in [0.15, 0.2) is 6.10 Å². The van der Waals surface area contributed by atoms with Crippen LogP contribution in [-0.2, 0) is 23.8 Å². The van der Waals surface area contributed by atoms with E-state index in [1.807, 2.05) is 12.2 Å². The largest absolute Gasteiger partial charge is 0.461 e. The van der Waals surface area contributed by atoms with Crippen molar-refractivity contribution in [2.45, 2.75) is 284 Å². The van der Waals surface area contributed by atoms with E-state index in [0.717, 1.165) is 57.8 Å². The average Bonchev–Trinajstić information content (AvgIpc) is 3.30. The van der Waals surface area contributed by atoms with Gasteiger partial charge in [0.05, 0.1) is 13.0 Å². The zero-order chi connectivity index (χ0) is 46.3. The number of carbonyl (C=O) groups excluding carboxylic acids is 2. The summed E-state index contributed by atoms with van der Waals surface area (Å²) in [6.07, 6.45) is 69.8. The Morgan fingerprint density at radius 1 is 0.359 bits per heavy atom. The molecule has 0 fully saturated rings. The molecule has 5 nitrogen and oxygen atoms in total. The van der Waals surface area contributed by atoms with Crippen molar-refractivity contribution in [2.75, 3.05) is 19.8 Å². The zero-order valence-corrected chi connectivity index (χ0v) is 42.8. The minimum atomic E-state index is -0.572. The summed E-state index contributed by atoms with van der Waals surface area (Å²) < 4.78 is 17.3. The molecule has 1 unspecified atom stereocenters. The highest BCUT2D eigenvalue weighted by Crippen LogP contribution is 2.16. The van der Waals surface area contributed by atoms with E-state index in [2.05, 4.69) is 69.4 Å². The Morgan fingerprint density at radius 3 is 1.06 bits per heavy atom. The van der Waals surface area contributed by atoms with Crippen LogP contribution >= 0.6 is 0 Å². The summed E-state index contributed by atoms with van der Waals surface area (Å²) >= 11 is 0. The summed E-state index contributed by atoms with van der Waals surface area (Å²) in [6, 6.07) is 0. The molecule has 0 aromatic rings. The lowest BCUT2D eigenvalue weighted by atomic mass is 10.0. The number of unbranched alkanes of at least 4 members (excludes halogenated alkanes) is 31. The fraction of sp³-hybridized carbons (Fsp3) is 0.797. The number of hydrogen-bond acceptors (Lipinski definition) is 5. The molecule has 0 N–H and O–H groups in total. The van der Waals surface area contributed by atoms with Gasteiger partial charge in [0, 0.05) is 13.0 Å². The van der Waals surface area contributed by atoms with Gasteiger partial charge in [0.2, 0.25) is 0 Å². The molecule has 372 valence electrons. The first-order valence-electron chi connectivity index (χ1n) is 27.8. The Bertz CT molecular complexity index is 1100. The summed E-state index contributed by atoms with van der Waals surface area (Å²) in [4.78, 5) is 25.4. The zero-order valence-electron chi connectivity index (χ0n) is 42.8. The number of hydrogen-bond donors (Lipinski definition) is 0. The van der Waals surface area contributed by atoms with Crippen molar-refractivity contribution in [2.24, 2.45) is 0 Å². The SMILES string of the molecule is CC/C=C\C/C=C\C/C=C\C/C=C\C/C=C\CC(=O)OCC(COCCCCCCCCCCCCCCCCCCCCCC)OC(=O)CCCCCCCCCCCCCCC. The first-order chi connectivity index (χ1) is 31.6. The molecule has 0 aliphatic rings. The fourth-order valence-corrected chi connectivity index (χ4v) is 8.00. The predicted molar refractivity (Wildman–Crippen MR) is 279 cm³/mol. The Hall–Kier alpha value is -2.40. The highest BCUT2D eigenvalue weighted by Gasteiger charge is 2.17. The van der Waals surface area contributed by atoms with E-state index in [9.17, 15) is 9.59 Å². The van der Waals surface area contributed by atoms with Crippen LogP contribution in [0.4, 0.5) is 0 Å². The van der Waals surface area contributed by atoms with Gasteiger partial charge in [-0.25, -0.2) is 0 Å². The molecular weight excluding hydrogens is 789 g/mol. The first kappa shape index (κ1) is 61.6. The van der Waals surface area contributed by atoms with E-state index < -0.39 is 6.10 Å². The molecule has 0 spiro atoms. The molecular formula is C59H106O5. The molecule has 0 saturated carbocycles. The molecule has 0 aliphatic carbocycles. The lowest BCUT2D eigenvalue weighted by Crippen LogP contribution is -2.30. The third-order valence-corrected chi connectivity index (χ3v) is 12.1. The maximum atomic E-state index is 12.8. The predicted octanol–water partition coefficient (Wildman–Crippen LogP) is 18.9. The lowest BCUT2D eigenvalue weighted by Gasteiger charge is -2.18. The van der Waals surface area contributed by atoms with Gasteiger partial charge >= 0.3 is 11.9 Å².